The number of furan rings is 1. The molecule has 22 heavy (non-hydrogen) atoms. The zero-order valence-electron chi connectivity index (χ0n) is 11.7. The van der Waals surface area contributed by atoms with Gasteiger partial charge in [0.15, 0.2) is 0 Å². The molecule has 0 spiro atoms. The average molecular weight is 292 g/mol. The molecule has 2 nitrogen and oxygen atoms in total. The quantitative estimate of drug-likeness (QED) is 0.575. The van der Waals surface area contributed by atoms with Crippen molar-refractivity contribution in [2.75, 3.05) is 0 Å². The summed E-state index contributed by atoms with van der Waals surface area (Å²) in [5.74, 6) is -0.417. The van der Waals surface area contributed by atoms with E-state index in [1.165, 1.54) is 6.07 Å². The van der Waals surface area contributed by atoms with Crippen LogP contribution in [0.25, 0.3) is 21.9 Å². The van der Waals surface area contributed by atoms with Crippen LogP contribution in [-0.2, 0) is 0 Å². The van der Waals surface area contributed by atoms with E-state index < -0.39 is 11.9 Å². The third-order valence-corrected chi connectivity index (χ3v) is 3.92. The zero-order valence-corrected chi connectivity index (χ0v) is 11.7. The first-order valence-corrected chi connectivity index (χ1v) is 7.08. The fourth-order valence-electron chi connectivity index (χ4n) is 2.79. The van der Waals surface area contributed by atoms with Crippen LogP contribution in [0, 0.1) is 5.82 Å². The summed E-state index contributed by atoms with van der Waals surface area (Å²) in [4.78, 5) is 0. The molecule has 0 saturated heterocycles. The van der Waals surface area contributed by atoms with Gasteiger partial charge in [-0.05, 0) is 23.8 Å². The molecule has 108 valence electrons. The van der Waals surface area contributed by atoms with Crippen molar-refractivity contribution in [3.63, 3.8) is 0 Å². The highest BCUT2D eigenvalue weighted by molar-refractivity contribution is 6.04. The Kier molecular flexibility index (Phi) is 2.94. The first-order valence-electron chi connectivity index (χ1n) is 7.08. The normalized spacial score (nSPS) is 12.8. The first-order chi connectivity index (χ1) is 10.7. The molecule has 1 heterocycles. The van der Waals surface area contributed by atoms with Crippen LogP contribution in [0.15, 0.2) is 71.1 Å². The van der Waals surface area contributed by atoms with Gasteiger partial charge in [0, 0.05) is 16.3 Å². The Bertz CT molecular complexity index is 971. The fraction of sp³-hybridized carbons (Fsp3) is 0.0526. The van der Waals surface area contributed by atoms with Crippen molar-refractivity contribution in [3.8, 4) is 0 Å². The van der Waals surface area contributed by atoms with E-state index in [4.69, 9.17) is 4.42 Å². The molecule has 0 fully saturated rings. The Hall–Kier alpha value is -2.65. The zero-order chi connectivity index (χ0) is 15.1. The molecule has 0 radical (unpaired) electrons. The standard InChI is InChI=1S/C19H13FO2/c20-16-7-3-1-6-15(16)19(21)12-9-10-14-13-5-2-4-8-17(13)22-18(14)11-12/h1-11,19,21H/t19-/m1/s1. The lowest BCUT2D eigenvalue weighted by Gasteiger charge is -2.12. The molecule has 1 atom stereocenters. The van der Waals surface area contributed by atoms with E-state index >= 15 is 0 Å². The van der Waals surface area contributed by atoms with Crippen LogP contribution >= 0.6 is 0 Å². The van der Waals surface area contributed by atoms with Crippen LogP contribution in [0.3, 0.4) is 0 Å². The summed E-state index contributed by atoms with van der Waals surface area (Å²) >= 11 is 0. The molecule has 3 heteroatoms. The van der Waals surface area contributed by atoms with E-state index in [0.29, 0.717) is 11.1 Å². The van der Waals surface area contributed by atoms with E-state index in [1.807, 2.05) is 30.3 Å². The van der Waals surface area contributed by atoms with Crippen LogP contribution in [0.2, 0.25) is 0 Å². The average Bonchev–Trinajstić information content (AvgIpc) is 2.92. The largest absolute Gasteiger partial charge is 0.456 e. The summed E-state index contributed by atoms with van der Waals surface area (Å²) in [5.41, 5.74) is 2.36. The molecule has 0 aliphatic carbocycles. The van der Waals surface area contributed by atoms with E-state index in [1.54, 1.807) is 30.3 Å². The summed E-state index contributed by atoms with van der Waals surface area (Å²) in [5, 5.41) is 12.4. The molecule has 3 aromatic carbocycles. The molecule has 0 aliphatic rings. The summed E-state index contributed by atoms with van der Waals surface area (Å²) in [6, 6.07) is 19.5. The maximum atomic E-state index is 13.8. The number of para-hydroxylation sites is 1. The Morgan fingerprint density at radius 3 is 2.41 bits per heavy atom. The minimum Gasteiger partial charge on any atom is -0.456 e. The highest BCUT2D eigenvalue weighted by Crippen LogP contribution is 2.32. The number of benzene rings is 3. The van der Waals surface area contributed by atoms with Crippen LogP contribution in [0.4, 0.5) is 4.39 Å². The molecule has 0 amide bonds. The summed E-state index contributed by atoms with van der Waals surface area (Å²) in [6.45, 7) is 0. The number of rotatable bonds is 2. The summed E-state index contributed by atoms with van der Waals surface area (Å²) in [7, 11) is 0. The molecule has 0 saturated carbocycles. The molecule has 0 bridgehead atoms. The Morgan fingerprint density at radius 1 is 0.818 bits per heavy atom. The van der Waals surface area contributed by atoms with Crippen LogP contribution < -0.4 is 0 Å². The fourth-order valence-corrected chi connectivity index (χ4v) is 2.79. The van der Waals surface area contributed by atoms with Crippen molar-refractivity contribution in [2.24, 2.45) is 0 Å². The molecule has 1 N–H and O–H groups in total. The molecular formula is C19H13FO2. The third-order valence-electron chi connectivity index (χ3n) is 3.92. The van der Waals surface area contributed by atoms with Gasteiger partial charge in [-0.25, -0.2) is 4.39 Å². The van der Waals surface area contributed by atoms with Gasteiger partial charge in [0.1, 0.15) is 23.1 Å². The van der Waals surface area contributed by atoms with Gasteiger partial charge in [-0.3, -0.25) is 0 Å². The van der Waals surface area contributed by atoms with E-state index in [-0.39, 0.29) is 5.56 Å². The maximum Gasteiger partial charge on any atom is 0.135 e. The SMILES string of the molecule is O[C@H](c1ccc2c(c1)oc1ccccc12)c1ccccc1F. The maximum absolute atomic E-state index is 13.8. The van der Waals surface area contributed by atoms with Crippen molar-refractivity contribution in [3.05, 3.63) is 83.7 Å². The van der Waals surface area contributed by atoms with Crippen LogP contribution in [0.1, 0.15) is 17.2 Å². The number of fused-ring (bicyclic) bond motifs is 3. The molecule has 1 aromatic heterocycles. The van der Waals surface area contributed by atoms with Gasteiger partial charge in [0.25, 0.3) is 0 Å². The lowest BCUT2D eigenvalue weighted by molar-refractivity contribution is 0.215. The number of halogens is 1. The lowest BCUT2D eigenvalue weighted by Crippen LogP contribution is -2.02. The van der Waals surface area contributed by atoms with Gasteiger partial charge in [-0.2, -0.15) is 0 Å². The number of aliphatic hydroxyl groups is 1. The highest BCUT2D eigenvalue weighted by Gasteiger charge is 2.16. The second-order valence-electron chi connectivity index (χ2n) is 5.28. The van der Waals surface area contributed by atoms with E-state index in [9.17, 15) is 9.50 Å². The second-order valence-corrected chi connectivity index (χ2v) is 5.28. The summed E-state index contributed by atoms with van der Waals surface area (Å²) in [6.07, 6.45) is -1.01. The third kappa shape index (κ3) is 1.98. The van der Waals surface area contributed by atoms with E-state index in [0.717, 1.165) is 16.4 Å². The predicted molar refractivity (Wildman–Crippen MR) is 84.2 cm³/mol. The molecule has 0 unspecified atom stereocenters. The summed E-state index contributed by atoms with van der Waals surface area (Å²) < 4.78 is 19.6. The van der Waals surface area contributed by atoms with Crippen molar-refractivity contribution in [2.45, 2.75) is 6.10 Å². The topological polar surface area (TPSA) is 33.4 Å². The van der Waals surface area contributed by atoms with Crippen molar-refractivity contribution in [1.29, 1.82) is 0 Å². The van der Waals surface area contributed by atoms with Gasteiger partial charge in [-0.15, -0.1) is 0 Å². The van der Waals surface area contributed by atoms with E-state index in [2.05, 4.69) is 0 Å². The Labute approximate surface area is 126 Å². The Morgan fingerprint density at radius 2 is 1.55 bits per heavy atom. The molecule has 0 aliphatic heterocycles. The molecular weight excluding hydrogens is 279 g/mol. The molecule has 4 rings (SSSR count). The number of hydrogen-bond acceptors (Lipinski definition) is 2. The van der Waals surface area contributed by atoms with Gasteiger partial charge in [0.2, 0.25) is 0 Å². The predicted octanol–water partition coefficient (Wildman–Crippen LogP) is 4.81. The number of hydrogen-bond donors (Lipinski definition) is 1. The van der Waals surface area contributed by atoms with Crippen molar-refractivity contribution < 1.29 is 13.9 Å². The van der Waals surface area contributed by atoms with Crippen LogP contribution in [0.5, 0.6) is 0 Å². The van der Waals surface area contributed by atoms with Gasteiger partial charge in [0.05, 0.1) is 0 Å². The first kappa shape index (κ1) is 13.0. The minimum atomic E-state index is -1.01. The van der Waals surface area contributed by atoms with Gasteiger partial charge < -0.3 is 9.52 Å². The van der Waals surface area contributed by atoms with Crippen molar-refractivity contribution in [1.82, 2.24) is 0 Å². The monoisotopic (exact) mass is 292 g/mol. The van der Waals surface area contributed by atoms with Crippen LogP contribution in [-0.4, -0.2) is 5.11 Å². The van der Waals surface area contributed by atoms with Gasteiger partial charge >= 0.3 is 0 Å². The highest BCUT2D eigenvalue weighted by atomic mass is 19.1. The second kappa shape index (κ2) is 4.97. The minimum absolute atomic E-state index is 0.262. The molecule has 4 aromatic rings. The van der Waals surface area contributed by atoms with Gasteiger partial charge in [-0.1, -0.05) is 48.5 Å². The number of aliphatic hydroxyl groups excluding tert-OH is 1. The smallest absolute Gasteiger partial charge is 0.135 e. The Balaban J connectivity index is 1.86. The van der Waals surface area contributed by atoms with Crippen molar-refractivity contribution >= 4 is 21.9 Å². The lowest BCUT2D eigenvalue weighted by atomic mass is 10.00.